The summed E-state index contributed by atoms with van der Waals surface area (Å²) in [4.78, 5) is 49.6. The third-order valence-corrected chi connectivity index (χ3v) is 6.68. The molecule has 2 N–H and O–H groups in total. The van der Waals surface area contributed by atoms with Gasteiger partial charge in [-0.1, -0.05) is 30.3 Å². The first-order valence-corrected chi connectivity index (χ1v) is 13.5. The van der Waals surface area contributed by atoms with Crippen molar-refractivity contribution in [2.24, 2.45) is 0 Å². The van der Waals surface area contributed by atoms with Crippen LogP contribution >= 0.6 is 0 Å². The predicted molar refractivity (Wildman–Crippen MR) is 153 cm³/mol. The fourth-order valence-electron chi connectivity index (χ4n) is 4.58. The number of pyridine rings is 1. The van der Waals surface area contributed by atoms with Crippen molar-refractivity contribution < 1.29 is 23.9 Å². The van der Waals surface area contributed by atoms with E-state index in [1.807, 2.05) is 37.3 Å². The zero-order valence-corrected chi connectivity index (χ0v) is 23.3. The lowest BCUT2D eigenvalue weighted by atomic mass is 10.2. The maximum atomic E-state index is 13.3. The van der Waals surface area contributed by atoms with Crippen molar-refractivity contribution in [3.63, 3.8) is 0 Å². The van der Waals surface area contributed by atoms with Crippen LogP contribution in [0.5, 0.6) is 11.5 Å². The molecule has 4 aromatic rings. The Kier molecular flexibility index (Phi) is 8.71. The van der Waals surface area contributed by atoms with E-state index in [4.69, 9.17) is 19.6 Å². The Balaban J connectivity index is 1.48. The molecule has 0 unspecified atom stereocenters. The average Bonchev–Trinajstić information content (AvgIpc) is 3.45. The van der Waals surface area contributed by atoms with Crippen molar-refractivity contribution in [3.05, 3.63) is 90.0 Å². The molecular weight excluding hydrogens is 538 g/mol. The van der Waals surface area contributed by atoms with Crippen LogP contribution in [0.3, 0.4) is 0 Å². The minimum atomic E-state index is -0.536. The highest BCUT2D eigenvalue weighted by atomic mass is 16.5. The van der Waals surface area contributed by atoms with E-state index in [9.17, 15) is 14.4 Å². The topological polar surface area (TPSA) is 141 Å². The van der Waals surface area contributed by atoms with E-state index in [0.717, 1.165) is 5.56 Å². The third-order valence-electron chi connectivity index (χ3n) is 6.68. The standard InChI is InChI=1S/C30H31N7O5/c1-20-28-34-27(21-7-4-3-5-8-21)35-37(28)15-16-42-25-17-22(10-11-24(25)41-2)29(39)32-13-14-36(19-26(38)33-20)30(40)23-9-6-12-31-18-23/h3-12,17-18,20H,13-16,19H2,1-2H3,(H,32,39)(H,33,38)/t20-/m1/s1. The Morgan fingerprint density at radius 1 is 1.05 bits per heavy atom. The maximum Gasteiger partial charge on any atom is 0.255 e. The number of methoxy groups -OCH3 is 1. The Labute approximate surface area is 242 Å². The average molecular weight is 570 g/mol. The summed E-state index contributed by atoms with van der Waals surface area (Å²) in [6.07, 6.45) is 3.01. The summed E-state index contributed by atoms with van der Waals surface area (Å²) in [7, 11) is 1.53. The van der Waals surface area contributed by atoms with Gasteiger partial charge in [0.25, 0.3) is 11.8 Å². The van der Waals surface area contributed by atoms with E-state index >= 15 is 0 Å². The molecule has 0 spiro atoms. The van der Waals surface area contributed by atoms with Gasteiger partial charge in [-0.2, -0.15) is 5.10 Å². The number of benzene rings is 2. The van der Waals surface area contributed by atoms with Crippen LogP contribution in [0.25, 0.3) is 11.4 Å². The van der Waals surface area contributed by atoms with Gasteiger partial charge in [-0.05, 0) is 37.3 Å². The molecule has 3 amide bonds. The summed E-state index contributed by atoms with van der Waals surface area (Å²) in [5.74, 6) is 0.774. The first-order valence-electron chi connectivity index (χ1n) is 13.5. The minimum absolute atomic E-state index is 0.0924. The number of fused-ring (bicyclic) bond motifs is 3. The van der Waals surface area contributed by atoms with Gasteiger partial charge in [0.2, 0.25) is 5.91 Å². The summed E-state index contributed by atoms with van der Waals surface area (Å²) in [6.45, 7) is 2.28. The van der Waals surface area contributed by atoms with Crippen LogP contribution in [0.2, 0.25) is 0 Å². The molecule has 42 heavy (non-hydrogen) atoms. The van der Waals surface area contributed by atoms with Crippen molar-refractivity contribution in [2.45, 2.75) is 19.5 Å². The Morgan fingerprint density at radius 2 is 1.88 bits per heavy atom. The largest absolute Gasteiger partial charge is 0.493 e. The maximum absolute atomic E-state index is 13.3. The van der Waals surface area contributed by atoms with Gasteiger partial charge in [0.1, 0.15) is 12.4 Å². The molecule has 2 aromatic heterocycles. The number of amides is 3. The Bertz CT molecular complexity index is 1560. The smallest absolute Gasteiger partial charge is 0.255 e. The molecule has 3 heterocycles. The second-order valence-electron chi connectivity index (χ2n) is 9.61. The normalized spacial score (nSPS) is 16.3. The zero-order valence-electron chi connectivity index (χ0n) is 23.3. The molecule has 0 saturated heterocycles. The highest BCUT2D eigenvalue weighted by Gasteiger charge is 2.24. The first kappa shape index (κ1) is 28.3. The van der Waals surface area contributed by atoms with Gasteiger partial charge in [-0.3, -0.25) is 19.4 Å². The molecule has 0 fully saturated rings. The minimum Gasteiger partial charge on any atom is -0.493 e. The molecule has 0 aliphatic carbocycles. The van der Waals surface area contributed by atoms with Gasteiger partial charge in [0.05, 0.1) is 31.8 Å². The summed E-state index contributed by atoms with van der Waals surface area (Å²) in [6, 6.07) is 17.2. The highest BCUT2D eigenvalue weighted by Crippen LogP contribution is 2.28. The van der Waals surface area contributed by atoms with Crippen LogP contribution < -0.4 is 20.1 Å². The van der Waals surface area contributed by atoms with Gasteiger partial charge >= 0.3 is 0 Å². The van der Waals surface area contributed by atoms with Crippen LogP contribution in [0.4, 0.5) is 0 Å². The fourth-order valence-corrected chi connectivity index (χ4v) is 4.58. The molecular formula is C30H31N7O5. The van der Waals surface area contributed by atoms with Gasteiger partial charge in [-0.15, -0.1) is 0 Å². The lowest BCUT2D eigenvalue weighted by Crippen LogP contribution is -2.45. The lowest BCUT2D eigenvalue weighted by Gasteiger charge is -2.23. The number of hydrogen-bond donors (Lipinski definition) is 2. The first-order chi connectivity index (χ1) is 20.4. The highest BCUT2D eigenvalue weighted by molar-refractivity contribution is 5.97. The van der Waals surface area contributed by atoms with E-state index in [-0.39, 0.29) is 44.0 Å². The van der Waals surface area contributed by atoms with Gasteiger partial charge in [-0.25, -0.2) is 9.67 Å². The fraction of sp³-hybridized carbons (Fsp3) is 0.267. The third kappa shape index (κ3) is 6.54. The van der Waals surface area contributed by atoms with E-state index < -0.39 is 6.04 Å². The second kappa shape index (κ2) is 12.9. The Hall–Kier alpha value is -5.26. The van der Waals surface area contributed by atoms with Crippen molar-refractivity contribution in [2.75, 3.05) is 33.4 Å². The summed E-state index contributed by atoms with van der Waals surface area (Å²) < 4.78 is 13.2. The monoisotopic (exact) mass is 569 g/mol. The van der Waals surface area contributed by atoms with E-state index in [1.165, 1.54) is 18.2 Å². The van der Waals surface area contributed by atoms with Gasteiger partial charge in [0.15, 0.2) is 17.3 Å². The number of nitrogens with zero attached hydrogens (tertiary/aromatic N) is 5. The molecule has 2 bridgehead atoms. The lowest BCUT2D eigenvalue weighted by molar-refractivity contribution is -0.122. The molecule has 1 aliphatic rings. The number of ether oxygens (including phenoxy) is 2. The molecule has 5 rings (SSSR count). The second-order valence-corrected chi connectivity index (χ2v) is 9.61. The molecule has 216 valence electrons. The molecule has 1 atom stereocenters. The van der Waals surface area contributed by atoms with Crippen molar-refractivity contribution >= 4 is 17.7 Å². The SMILES string of the molecule is COc1ccc2cc1OCCn1nc(-c3ccccc3)nc1[C@@H](C)NC(=O)CN(C(=O)c1cccnc1)CCNC2=O. The van der Waals surface area contributed by atoms with E-state index in [0.29, 0.717) is 40.8 Å². The van der Waals surface area contributed by atoms with Crippen LogP contribution in [0.1, 0.15) is 39.5 Å². The quantitative estimate of drug-likeness (QED) is 0.384. The number of carbonyl (C=O) groups excluding carboxylic acids is 3. The van der Waals surface area contributed by atoms with E-state index in [1.54, 1.807) is 41.2 Å². The van der Waals surface area contributed by atoms with Crippen LogP contribution in [-0.2, 0) is 11.3 Å². The van der Waals surface area contributed by atoms with Crippen molar-refractivity contribution in [3.8, 4) is 22.9 Å². The molecule has 2 aromatic carbocycles. The summed E-state index contributed by atoms with van der Waals surface area (Å²) >= 11 is 0. The van der Waals surface area contributed by atoms with Crippen molar-refractivity contribution in [1.82, 2.24) is 35.3 Å². The molecule has 12 nitrogen and oxygen atoms in total. The number of carbonyl (C=O) groups is 3. The zero-order chi connectivity index (χ0) is 29.5. The number of nitrogens with one attached hydrogen (secondary N) is 2. The van der Waals surface area contributed by atoms with Crippen LogP contribution in [-0.4, -0.2) is 75.7 Å². The van der Waals surface area contributed by atoms with Gasteiger partial charge in [0, 0.05) is 36.6 Å². The number of rotatable bonds is 3. The van der Waals surface area contributed by atoms with Crippen LogP contribution in [0, 0.1) is 0 Å². The van der Waals surface area contributed by atoms with Crippen molar-refractivity contribution in [1.29, 1.82) is 0 Å². The summed E-state index contributed by atoms with van der Waals surface area (Å²) in [5, 5.41) is 10.4. The summed E-state index contributed by atoms with van der Waals surface area (Å²) in [5.41, 5.74) is 1.52. The molecule has 0 saturated carbocycles. The number of hydrogen-bond acceptors (Lipinski definition) is 8. The predicted octanol–water partition coefficient (Wildman–Crippen LogP) is 2.49. The van der Waals surface area contributed by atoms with Gasteiger partial charge < -0.3 is 25.0 Å². The molecule has 0 radical (unpaired) electrons. The Morgan fingerprint density at radius 3 is 2.64 bits per heavy atom. The molecule has 12 heteroatoms. The van der Waals surface area contributed by atoms with Crippen LogP contribution in [0.15, 0.2) is 73.1 Å². The van der Waals surface area contributed by atoms with E-state index in [2.05, 4.69) is 15.6 Å². The number of aromatic nitrogens is 4. The molecule has 1 aliphatic heterocycles.